The Balaban J connectivity index is 0.00000144. The largest absolute Gasteiger partial charge is 0.381 e. The summed E-state index contributed by atoms with van der Waals surface area (Å²) in [6.45, 7) is 0.804. The Kier molecular flexibility index (Phi) is 5.83. The summed E-state index contributed by atoms with van der Waals surface area (Å²) in [6.07, 6.45) is 0. The average molecular weight is 333 g/mol. The van der Waals surface area contributed by atoms with E-state index in [2.05, 4.69) is 21.2 Å². The first-order valence-electron chi connectivity index (χ1n) is 4.98. The Labute approximate surface area is 121 Å². The lowest BCUT2D eigenvalue weighted by atomic mass is 10.2. The number of hydrogen-bond acceptors (Lipinski definition) is 1. The second-order valence-corrected chi connectivity index (χ2v) is 4.84. The fraction of sp³-hybridized carbons (Fsp3) is 0.0769. The molecule has 0 spiro atoms. The molecule has 0 aliphatic rings. The summed E-state index contributed by atoms with van der Waals surface area (Å²) in [5.74, 6) is 0. The van der Waals surface area contributed by atoms with E-state index in [1.54, 1.807) is 0 Å². The van der Waals surface area contributed by atoms with Gasteiger partial charge in [0.2, 0.25) is 0 Å². The van der Waals surface area contributed by atoms with Gasteiger partial charge in [0.15, 0.2) is 0 Å². The summed E-state index contributed by atoms with van der Waals surface area (Å²) in [5.41, 5.74) is 2.32. The van der Waals surface area contributed by atoms with Crippen molar-refractivity contribution in [3.05, 3.63) is 63.6 Å². The summed E-state index contributed by atoms with van der Waals surface area (Å²) in [5, 5.41) is 4.11. The van der Waals surface area contributed by atoms with E-state index in [4.69, 9.17) is 11.6 Å². The summed E-state index contributed by atoms with van der Waals surface area (Å²) in [7, 11) is 0. The number of nitrogens with one attached hydrogen (secondary N) is 1. The second kappa shape index (κ2) is 6.90. The predicted octanol–water partition coefficient (Wildman–Crippen LogP) is 5.14. The minimum Gasteiger partial charge on any atom is -0.381 e. The third-order valence-corrected chi connectivity index (χ3v) is 3.03. The van der Waals surface area contributed by atoms with E-state index in [9.17, 15) is 0 Å². The molecule has 0 amide bonds. The molecule has 2 aromatic carbocycles. The standard InChI is InChI=1S/C13H11BrClN.ClH/c14-11-3-7-13(8-4-11)16-9-10-1-5-12(15)6-2-10;/h1-8,16H,9H2;1H. The van der Waals surface area contributed by atoms with Crippen LogP contribution in [0.5, 0.6) is 0 Å². The number of rotatable bonds is 3. The summed E-state index contributed by atoms with van der Waals surface area (Å²) in [6, 6.07) is 16.0. The third kappa shape index (κ3) is 4.58. The lowest BCUT2D eigenvalue weighted by molar-refractivity contribution is 1.15. The van der Waals surface area contributed by atoms with Gasteiger partial charge in [-0.3, -0.25) is 0 Å². The molecule has 0 heterocycles. The fourth-order valence-corrected chi connectivity index (χ4v) is 1.76. The van der Waals surface area contributed by atoms with Crippen LogP contribution in [0, 0.1) is 0 Å². The molecule has 4 heteroatoms. The smallest absolute Gasteiger partial charge is 0.0406 e. The Morgan fingerprint density at radius 1 is 0.941 bits per heavy atom. The minimum absolute atomic E-state index is 0. The van der Waals surface area contributed by atoms with Crippen molar-refractivity contribution in [1.82, 2.24) is 0 Å². The maximum atomic E-state index is 5.82. The maximum absolute atomic E-state index is 5.82. The molecule has 2 aromatic rings. The van der Waals surface area contributed by atoms with E-state index in [0.29, 0.717) is 0 Å². The van der Waals surface area contributed by atoms with E-state index < -0.39 is 0 Å². The quantitative estimate of drug-likeness (QED) is 0.820. The highest BCUT2D eigenvalue weighted by Gasteiger charge is 1.94. The summed E-state index contributed by atoms with van der Waals surface area (Å²) in [4.78, 5) is 0. The molecule has 2 rings (SSSR count). The molecule has 1 nitrogen and oxygen atoms in total. The number of halogens is 3. The van der Waals surface area contributed by atoms with Crippen molar-refractivity contribution in [1.29, 1.82) is 0 Å². The first-order chi connectivity index (χ1) is 7.74. The van der Waals surface area contributed by atoms with E-state index in [-0.39, 0.29) is 12.4 Å². The maximum Gasteiger partial charge on any atom is 0.0406 e. The molecule has 0 unspecified atom stereocenters. The van der Waals surface area contributed by atoms with Crippen molar-refractivity contribution in [2.24, 2.45) is 0 Å². The Bertz CT molecular complexity index is 408. The van der Waals surface area contributed by atoms with Crippen LogP contribution in [0.3, 0.4) is 0 Å². The molecule has 0 radical (unpaired) electrons. The zero-order valence-electron chi connectivity index (χ0n) is 8.99. The van der Waals surface area contributed by atoms with Crippen LogP contribution in [0.25, 0.3) is 0 Å². The molecule has 0 bridgehead atoms. The fourth-order valence-electron chi connectivity index (χ4n) is 1.37. The molecule has 0 atom stereocenters. The first-order valence-corrected chi connectivity index (χ1v) is 6.15. The van der Waals surface area contributed by atoms with Gasteiger partial charge in [-0.15, -0.1) is 12.4 Å². The Morgan fingerprint density at radius 2 is 1.53 bits per heavy atom. The number of hydrogen-bond donors (Lipinski definition) is 1. The number of anilines is 1. The van der Waals surface area contributed by atoms with Crippen molar-refractivity contribution in [2.75, 3.05) is 5.32 Å². The van der Waals surface area contributed by atoms with Crippen LogP contribution < -0.4 is 5.32 Å². The number of benzene rings is 2. The van der Waals surface area contributed by atoms with Gasteiger partial charge in [0.25, 0.3) is 0 Å². The SMILES string of the molecule is Cl.Clc1ccc(CNc2ccc(Br)cc2)cc1. The van der Waals surface area contributed by atoms with Gasteiger partial charge in [-0.05, 0) is 42.0 Å². The summed E-state index contributed by atoms with van der Waals surface area (Å²) >= 11 is 9.23. The van der Waals surface area contributed by atoms with Gasteiger partial charge in [0, 0.05) is 21.7 Å². The Morgan fingerprint density at radius 3 is 2.12 bits per heavy atom. The van der Waals surface area contributed by atoms with Crippen molar-refractivity contribution in [3.63, 3.8) is 0 Å². The monoisotopic (exact) mass is 331 g/mol. The van der Waals surface area contributed by atoms with Gasteiger partial charge >= 0.3 is 0 Å². The zero-order valence-corrected chi connectivity index (χ0v) is 12.1. The molecule has 0 aliphatic heterocycles. The van der Waals surface area contributed by atoms with Crippen molar-refractivity contribution in [2.45, 2.75) is 6.54 Å². The zero-order chi connectivity index (χ0) is 11.4. The Hall–Kier alpha value is -0.700. The van der Waals surface area contributed by atoms with Gasteiger partial charge in [-0.1, -0.05) is 39.7 Å². The molecule has 0 fully saturated rings. The molecular formula is C13H12BrCl2N. The van der Waals surface area contributed by atoms with Crippen LogP contribution in [0.15, 0.2) is 53.0 Å². The van der Waals surface area contributed by atoms with Gasteiger partial charge in [0.05, 0.1) is 0 Å². The molecule has 1 N–H and O–H groups in total. The van der Waals surface area contributed by atoms with E-state index in [1.807, 2.05) is 48.5 Å². The van der Waals surface area contributed by atoms with Crippen LogP contribution in [-0.2, 0) is 6.54 Å². The van der Waals surface area contributed by atoms with Gasteiger partial charge in [0.1, 0.15) is 0 Å². The van der Waals surface area contributed by atoms with Gasteiger partial charge in [-0.2, -0.15) is 0 Å². The van der Waals surface area contributed by atoms with Crippen LogP contribution in [0.4, 0.5) is 5.69 Å². The minimum atomic E-state index is 0. The molecular weight excluding hydrogens is 321 g/mol. The average Bonchev–Trinajstić information content (AvgIpc) is 2.30. The molecule has 0 saturated heterocycles. The molecule has 0 aromatic heterocycles. The van der Waals surface area contributed by atoms with Gasteiger partial charge in [-0.25, -0.2) is 0 Å². The van der Waals surface area contributed by atoms with Crippen LogP contribution in [0.1, 0.15) is 5.56 Å². The van der Waals surface area contributed by atoms with E-state index in [0.717, 1.165) is 21.7 Å². The molecule has 0 aliphatic carbocycles. The highest BCUT2D eigenvalue weighted by atomic mass is 79.9. The highest BCUT2D eigenvalue weighted by molar-refractivity contribution is 9.10. The third-order valence-electron chi connectivity index (χ3n) is 2.25. The molecule has 17 heavy (non-hydrogen) atoms. The predicted molar refractivity (Wildman–Crippen MR) is 80.2 cm³/mol. The van der Waals surface area contributed by atoms with E-state index >= 15 is 0 Å². The topological polar surface area (TPSA) is 12.0 Å². The lowest BCUT2D eigenvalue weighted by Crippen LogP contribution is -1.98. The van der Waals surface area contributed by atoms with Crippen molar-refractivity contribution < 1.29 is 0 Å². The van der Waals surface area contributed by atoms with Crippen LogP contribution in [0.2, 0.25) is 5.02 Å². The van der Waals surface area contributed by atoms with Crippen LogP contribution in [-0.4, -0.2) is 0 Å². The van der Waals surface area contributed by atoms with Gasteiger partial charge < -0.3 is 5.32 Å². The van der Waals surface area contributed by atoms with Crippen molar-refractivity contribution >= 4 is 45.6 Å². The van der Waals surface area contributed by atoms with E-state index in [1.165, 1.54) is 5.56 Å². The molecule has 0 saturated carbocycles. The summed E-state index contributed by atoms with van der Waals surface area (Å²) < 4.78 is 1.09. The first kappa shape index (κ1) is 14.4. The van der Waals surface area contributed by atoms with Crippen LogP contribution >= 0.6 is 39.9 Å². The van der Waals surface area contributed by atoms with Crippen molar-refractivity contribution in [3.8, 4) is 0 Å². The normalized spacial score (nSPS) is 9.53. The second-order valence-electron chi connectivity index (χ2n) is 3.49. The highest BCUT2D eigenvalue weighted by Crippen LogP contribution is 2.15. The lowest BCUT2D eigenvalue weighted by Gasteiger charge is -2.06. The molecule has 90 valence electrons.